The van der Waals surface area contributed by atoms with Crippen LogP contribution in [0.4, 0.5) is 5.69 Å². The Morgan fingerprint density at radius 2 is 1.94 bits per heavy atom. The van der Waals surface area contributed by atoms with E-state index >= 15 is 0 Å². The molecule has 31 heavy (non-hydrogen) atoms. The molecule has 1 aliphatic heterocycles. The number of piperidine rings is 1. The van der Waals surface area contributed by atoms with Gasteiger partial charge < -0.3 is 10.1 Å². The van der Waals surface area contributed by atoms with E-state index in [0.29, 0.717) is 37.2 Å². The maximum atomic E-state index is 12.8. The third-order valence-corrected chi connectivity index (χ3v) is 7.26. The molecular weight excluding hydrogens is 412 g/mol. The first kappa shape index (κ1) is 23.3. The van der Waals surface area contributed by atoms with E-state index in [1.807, 2.05) is 62.4 Å². The molecule has 0 radical (unpaired) electrons. The largest absolute Gasteiger partial charge is 0.491 e. The maximum absolute atomic E-state index is 12.8. The molecule has 0 saturated carbocycles. The Morgan fingerprint density at radius 3 is 2.68 bits per heavy atom. The van der Waals surface area contributed by atoms with Crippen molar-refractivity contribution in [2.45, 2.75) is 45.6 Å². The number of carbonyl (C=O) groups is 1. The van der Waals surface area contributed by atoms with Crippen molar-refractivity contribution in [1.82, 2.24) is 4.31 Å². The van der Waals surface area contributed by atoms with E-state index in [-0.39, 0.29) is 30.2 Å². The van der Waals surface area contributed by atoms with Gasteiger partial charge in [0, 0.05) is 24.8 Å². The Hall–Kier alpha value is -2.38. The van der Waals surface area contributed by atoms with Crippen LogP contribution in [0.1, 0.15) is 38.7 Å². The van der Waals surface area contributed by atoms with Crippen LogP contribution in [-0.2, 0) is 21.2 Å². The monoisotopic (exact) mass is 444 g/mol. The molecule has 168 valence electrons. The van der Waals surface area contributed by atoms with Crippen molar-refractivity contribution in [2.24, 2.45) is 5.92 Å². The summed E-state index contributed by atoms with van der Waals surface area (Å²) < 4.78 is 32.8. The van der Waals surface area contributed by atoms with Crippen molar-refractivity contribution >= 4 is 21.6 Å². The number of carbonyl (C=O) groups excluding carboxylic acids is 1. The SMILES string of the molecule is CC(C)Oc1cccc(NC(=O)[C@@H]2CCCN(S(=O)(=O)CCCc3ccccc3)C2)c1. The minimum atomic E-state index is -3.38. The van der Waals surface area contributed by atoms with Crippen LogP contribution in [0.2, 0.25) is 0 Å². The molecule has 2 aromatic rings. The number of rotatable bonds is 9. The molecule has 1 atom stereocenters. The first-order valence-corrected chi connectivity index (χ1v) is 12.5. The van der Waals surface area contributed by atoms with Gasteiger partial charge in [-0.15, -0.1) is 0 Å². The standard InChI is InChI=1S/C24H32N2O4S/c1-19(2)30-23-14-6-13-22(17-23)25-24(27)21-12-7-15-26(18-21)31(28,29)16-8-11-20-9-4-3-5-10-20/h3-6,9-10,13-14,17,19,21H,7-8,11-12,15-16,18H2,1-2H3,(H,25,27)/t21-/m1/s1. The van der Waals surface area contributed by atoms with Crippen LogP contribution < -0.4 is 10.1 Å². The Morgan fingerprint density at radius 1 is 1.16 bits per heavy atom. The molecule has 6 nitrogen and oxygen atoms in total. The molecule has 2 aromatic carbocycles. The van der Waals surface area contributed by atoms with Crippen molar-refractivity contribution in [3.8, 4) is 5.75 Å². The lowest BCUT2D eigenvalue weighted by Gasteiger charge is -2.31. The van der Waals surface area contributed by atoms with Crippen LogP contribution >= 0.6 is 0 Å². The van der Waals surface area contributed by atoms with Gasteiger partial charge in [0.15, 0.2) is 0 Å². The van der Waals surface area contributed by atoms with Gasteiger partial charge in [0.05, 0.1) is 17.8 Å². The topological polar surface area (TPSA) is 75.7 Å². The Labute approximate surface area is 185 Å². The number of nitrogens with one attached hydrogen (secondary N) is 1. The quantitative estimate of drug-likeness (QED) is 0.632. The highest BCUT2D eigenvalue weighted by molar-refractivity contribution is 7.89. The van der Waals surface area contributed by atoms with E-state index in [0.717, 1.165) is 12.0 Å². The van der Waals surface area contributed by atoms with E-state index in [9.17, 15) is 13.2 Å². The van der Waals surface area contributed by atoms with E-state index < -0.39 is 10.0 Å². The smallest absolute Gasteiger partial charge is 0.228 e. The van der Waals surface area contributed by atoms with Crippen LogP contribution in [-0.4, -0.2) is 43.6 Å². The second kappa shape index (κ2) is 10.8. The molecule has 1 saturated heterocycles. The summed E-state index contributed by atoms with van der Waals surface area (Å²) >= 11 is 0. The van der Waals surface area contributed by atoms with Gasteiger partial charge in [0.1, 0.15) is 5.75 Å². The lowest BCUT2D eigenvalue weighted by atomic mass is 9.98. The van der Waals surface area contributed by atoms with Crippen LogP contribution in [0.25, 0.3) is 0 Å². The third-order valence-electron chi connectivity index (χ3n) is 5.33. The van der Waals surface area contributed by atoms with E-state index in [1.54, 1.807) is 6.07 Å². The number of hydrogen-bond donors (Lipinski definition) is 1. The van der Waals surface area contributed by atoms with Gasteiger partial charge in [-0.3, -0.25) is 4.79 Å². The fourth-order valence-corrected chi connectivity index (χ4v) is 5.39. The second-order valence-corrected chi connectivity index (χ2v) is 10.4. The van der Waals surface area contributed by atoms with Crippen LogP contribution in [0.5, 0.6) is 5.75 Å². The average Bonchev–Trinajstić information content (AvgIpc) is 2.74. The summed E-state index contributed by atoms with van der Waals surface area (Å²) in [7, 11) is -3.38. The molecule has 0 unspecified atom stereocenters. The summed E-state index contributed by atoms with van der Waals surface area (Å²) in [5.74, 6) is 0.294. The van der Waals surface area contributed by atoms with Gasteiger partial charge >= 0.3 is 0 Å². The van der Waals surface area contributed by atoms with Crippen LogP contribution in [0.3, 0.4) is 0 Å². The zero-order valence-electron chi connectivity index (χ0n) is 18.3. The number of sulfonamides is 1. The van der Waals surface area contributed by atoms with E-state index in [2.05, 4.69) is 5.32 Å². The maximum Gasteiger partial charge on any atom is 0.228 e. The van der Waals surface area contributed by atoms with Crippen molar-refractivity contribution < 1.29 is 17.9 Å². The molecular formula is C24H32N2O4S. The van der Waals surface area contributed by atoms with Gasteiger partial charge in [-0.1, -0.05) is 36.4 Å². The lowest BCUT2D eigenvalue weighted by Crippen LogP contribution is -2.44. The van der Waals surface area contributed by atoms with Crippen LogP contribution in [0, 0.1) is 5.92 Å². The van der Waals surface area contributed by atoms with Gasteiger partial charge in [-0.05, 0) is 57.2 Å². The van der Waals surface area contributed by atoms with Crippen molar-refractivity contribution in [3.05, 3.63) is 60.2 Å². The fourth-order valence-electron chi connectivity index (χ4n) is 3.81. The zero-order chi connectivity index (χ0) is 22.3. The number of amides is 1. The zero-order valence-corrected chi connectivity index (χ0v) is 19.1. The molecule has 0 aliphatic carbocycles. The Balaban J connectivity index is 1.54. The molecule has 1 fully saturated rings. The number of hydrogen-bond acceptors (Lipinski definition) is 4. The minimum Gasteiger partial charge on any atom is -0.491 e. The average molecular weight is 445 g/mol. The summed E-state index contributed by atoms with van der Waals surface area (Å²) in [5.41, 5.74) is 1.79. The minimum absolute atomic E-state index is 0.0463. The normalized spacial score (nSPS) is 17.5. The molecule has 7 heteroatoms. The molecule has 3 rings (SSSR count). The van der Waals surface area contributed by atoms with E-state index in [4.69, 9.17) is 4.74 Å². The molecule has 0 spiro atoms. The Bertz CT molecular complexity index is 961. The number of benzene rings is 2. The van der Waals surface area contributed by atoms with Gasteiger partial charge in [-0.25, -0.2) is 12.7 Å². The molecule has 1 amide bonds. The fraction of sp³-hybridized carbons (Fsp3) is 0.458. The number of aryl methyl sites for hydroxylation is 1. The summed E-state index contributed by atoms with van der Waals surface area (Å²) in [4.78, 5) is 12.8. The summed E-state index contributed by atoms with van der Waals surface area (Å²) in [5, 5.41) is 2.92. The highest BCUT2D eigenvalue weighted by Crippen LogP contribution is 2.24. The summed E-state index contributed by atoms with van der Waals surface area (Å²) in [6.45, 7) is 4.61. The summed E-state index contributed by atoms with van der Waals surface area (Å²) in [6.07, 6.45) is 2.72. The van der Waals surface area contributed by atoms with Gasteiger partial charge in [0.25, 0.3) is 0 Å². The van der Waals surface area contributed by atoms with E-state index in [1.165, 1.54) is 4.31 Å². The van der Waals surface area contributed by atoms with Crippen LogP contribution in [0.15, 0.2) is 54.6 Å². The van der Waals surface area contributed by atoms with Crippen molar-refractivity contribution in [3.63, 3.8) is 0 Å². The number of anilines is 1. The predicted molar refractivity (Wildman–Crippen MR) is 124 cm³/mol. The van der Waals surface area contributed by atoms with Gasteiger partial charge in [-0.2, -0.15) is 0 Å². The lowest BCUT2D eigenvalue weighted by molar-refractivity contribution is -0.120. The predicted octanol–water partition coefficient (Wildman–Crippen LogP) is 4.09. The second-order valence-electron chi connectivity index (χ2n) is 8.29. The molecule has 1 N–H and O–H groups in total. The highest BCUT2D eigenvalue weighted by Gasteiger charge is 2.32. The summed E-state index contributed by atoms with van der Waals surface area (Å²) in [6, 6.07) is 17.2. The van der Waals surface area contributed by atoms with Gasteiger partial charge in [0.2, 0.25) is 15.9 Å². The molecule has 1 heterocycles. The Kier molecular flexibility index (Phi) is 8.09. The highest BCUT2D eigenvalue weighted by atomic mass is 32.2. The third kappa shape index (κ3) is 7.08. The molecule has 1 aliphatic rings. The first-order valence-electron chi connectivity index (χ1n) is 10.9. The molecule has 0 aromatic heterocycles. The first-order chi connectivity index (χ1) is 14.8. The number of ether oxygens (including phenoxy) is 1. The molecule has 0 bridgehead atoms. The van der Waals surface area contributed by atoms with Crippen molar-refractivity contribution in [2.75, 3.05) is 24.2 Å². The van der Waals surface area contributed by atoms with Crippen molar-refractivity contribution in [1.29, 1.82) is 0 Å². The number of nitrogens with zero attached hydrogens (tertiary/aromatic N) is 1.